The minimum atomic E-state index is 0.451. The van der Waals surface area contributed by atoms with E-state index in [0.29, 0.717) is 18.1 Å². The number of hydrogen-bond donors (Lipinski definition) is 1. The van der Waals surface area contributed by atoms with Crippen molar-refractivity contribution in [2.75, 3.05) is 5.73 Å². The normalized spacial score (nSPS) is 10.8. The summed E-state index contributed by atoms with van der Waals surface area (Å²) < 4.78 is 7.46. The lowest BCUT2D eigenvalue weighted by Gasteiger charge is -2.08. The van der Waals surface area contributed by atoms with Gasteiger partial charge >= 0.3 is 0 Å². The van der Waals surface area contributed by atoms with Crippen molar-refractivity contribution in [3.63, 3.8) is 0 Å². The van der Waals surface area contributed by atoms with E-state index in [1.54, 1.807) is 4.68 Å². The molecule has 0 saturated carbocycles. The van der Waals surface area contributed by atoms with Crippen LogP contribution in [0.1, 0.15) is 5.56 Å². The molecule has 0 aliphatic rings. The van der Waals surface area contributed by atoms with Crippen LogP contribution in [0.5, 0.6) is 5.75 Å². The van der Waals surface area contributed by atoms with Crippen LogP contribution in [0.2, 0.25) is 0 Å². The Hall–Kier alpha value is -3.97. The maximum atomic E-state index is 6.36. The Morgan fingerprint density at radius 2 is 1.58 bits per heavy atom. The van der Waals surface area contributed by atoms with Gasteiger partial charge in [-0.1, -0.05) is 65.9 Å². The summed E-state index contributed by atoms with van der Waals surface area (Å²) in [5.41, 5.74) is 10.8. The third-order valence-electron chi connectivity index (χ3n) is 4.81. The summed E-state index contributed by atoms with van der Waals surface area (Å²) in [5.74, 6) is 1.23. The molecular weight excluding hydrogens is 406 g/mol. The molecule has 0 saturated heterocycles. The second kappa shape index (κ2) is 8.41. The molecule has 0 bridgehead atoms. The molecule has 2 aromatic heterocycles. The molecule has 0 spiro atoms. The number of hydrogen-bond acceptors (Lipinski definition) is 6. The van der Waals surface area contributed by atoms with E-state index in [-0.39, 0.29) is 0 Å². The number of nitrogens with zero attached hydrogens (tertiary/aromatic N) is 4. The summed E-state index contributed by atoms with van der Waals surface area (Å²) in [6.45, 7) is 0.517. The second-order valence-corrected chi connectivity index (χ2v) is 7.77. The zero-order valence-electron chi connectivity index (χ0n) is 16.6. The van der Waals surface area contributed by atoms with E-state index in [1.807, 2.05) is 90.3 Å². The Bertz CT molecular complexity index is 1280. The number of nitrogen functional groups attached to an aromatic ring is 1. The van der Waals surface area contributed by atoms with Gasteiger partial charge in [0.25, 0.3) is 0 Å². The minimum Gasteiger partial charge on any atom is -0.489 e. The lowest BCUT2D eigenvalue weighted by atomic mass is 10.2. The van der Waals surface area contributed by atoms with Crippen molar-refractivity contribution in [3.05, 3.63) is 95.9 Å². The Labute approximate surface area is 183 Å². The second-order valence-electron chi connectivity index (χ2n) is 6.91. The molecule has 5 rings (SSSR count). The standard InChI is InChI=1S/C24H19N5OS/c25-23-22(24-26-21(16-31-24)18-9-5-2-6-10-18)27-28-29(23)19-11-13-20(14-12-19)30-15-17-7-3-1-4-8-17/h1-14,16H,15,25H2. The summed E-state index contributed by atoms with van der Waals surface area (Å²) in [4.78, 5) is 4.69. The summed E-state index contributed by atoms with van der Waals surface area (Å²) >= 11 is 1.50. The van der Waals surface area contributed by atoms with Gasteiger partial charge in [-0.15, -0.1) is 16.4 Å². The summed E-state index contributed by atoms with van der Waals surface area (Å²) in [6, 6.07) is 27.7. The van der Waals surface area contributed by atoms with E-state index in [0.717, 1.165) is 33.3 Å². The summed E-state index contributed by atoms with van der Waals surface area (Å²) in [7, 11) is 0. The highest BCUT2D eigenvalue weighted by atomic mass is 32.1. The molecule has 0 fully saturated rings. The van der Waals surface area contributed by atoms with Crippen LogP contribution >= 0.6 is 11.3 Å². The van der Waals surface area contributed by atoms with Crippen molar-refractivity contribution in [2.45, 2.75) is 6.61 Å². The molecule has 7 heteroatoms. The SMILES string of the molecule is Nc1c(-c2nc(-c3ccccc3)cs2)nnn1-c1ccc(OCc2ccccc2)cc1. The molecule has 31 heavy (non-hydrogen) atoms. The quantitative estimate of drug-likeness (QED) is 0.404. The fraction of sp³-hybridized carbons (Fsp3) is 0.0417. The van der Waals surface area contributed by atoms with Gasteiger partial charge in [0.15, 0.2) is 11.5 Å². The number of nitrogens with two attached hydrogens (primary N) is 1. The number of thiazole rings is 1. The molecule has 2 N–H and O–H groups in total. The molecular formula is C24H19N5OS. The van der Waals surface area contributed by atoms with Gasteiger partial charge in [0.1, 0.15) is 17.4 Å². The van der Waals surface area contributed by atoms with Crippen LogP contribution < -0.4 is 10.5 Å². The van der Waals surface area contributed by atoms with Crippen molar-refractivity contribution in [1.82, 2.24) is 20.0 Å². The molecule has 152 valence electrons. The zero-order chi connectivity index (χ0) is 21.0. The van der Waals surface area contributed by atoms with E-state index < -0.39 is 0 Å². The predicted molar refractivity (Wildman–Crippen MR) is 123 cm³/mol. The molecule has 0 aliphatic heterocycles. The van der Waals surface area contributed by atoms with Crippen molar-refractivity contribution >= 4 is 17.2 Å². The highest BCUT2D eigenvalue weighted by Crippen LogP contribution is 2.31. The van der Waals surface area contributed by atoms with Crippen LogP contribution in [0.15, 0.2) is 90.3 Å². The summed E-state index contributed by atoms with van der Waals surface area (Å²) in [5, 5.41) is 11.3. The van der Waals surface area contributed by atoms with Gasteiger partial charge in [0.2, 0.25) is 0 Å². The first-order valence-corrected chi connectivity index (χ1v) is 10.7. The molecule has 0 atom stereocenters. The van der Waals surface area contributed by atoms with Crippen LogP contribution in [0.25, 0.3) is 27.6 Å². The lowest BCUT2D eigenvalue weighted by Crippen LogP contribution is -2.02. The molecule has 0 radical (unpaired) electrons. The number of ether oxygens (including phenoxy) is 1. The zero-order valence-corrected chi connectivity index (χ0v) is 17.4. The molecule has 3 aromatic carbocycles. The number of benzene rings is 3. The number of anilines is 1. The highest BCUT2D eigenvalue weighted by Gasteiger charge is 2.17. The van der Waals surface area contributed by atoms with Crippen LogP contribution in [-0.4, -0.2) is 20.0 Å². The Balaban J connectivity index is 1.34. The number of aromatic nitrogens is 4. The first-order chi connectivity index (χ1) is 15.3. The maximum Gasteiger partial charge on any atom is 0.165 e. The van der Waals surface area contributed by atoms with Crippen molar-refractivity contribution in [1.29, 1.82) is 0 Å². The van der Waals surface area contributed by atoms with E-state index in [9.17, 15) is 0 Å². The Morgan fingerprint density at radius 1 is 0.871 bits per heavy atom. The van der Waals surface area contributed by atoms with Crippen LogP contribution in [0.4, 0.5) is 5.82 Å². The minimum absolute atomic E-state index is 0.451. The van der Waals surface area contributed by atoms with Gasteiger partial charge in [-0.3, -0.25) is 0 Å². The molecule has 6 nitrogen and oxygen atoms in total. The first-order valence-electron chi connectivity index (χ1n) is 9.77. The number of rotatable bonds is 6. The topological polar surface area (TPSA) is 78.9 Å². The first kappa shape index (κ1) is 19.0. The largest absolute Gasteiger partial charge is 0.489 e. The van der Waals surface area contributed by atoms with Gasteiger partial charge in [-0.2, -0.15) is 4.68 Å². The van der Waals surface area contributed by atoms with Gasteiger partial charge in [0, 0.05) is 10.9 Å². The van der Waals surface area contributed by atoms with E-state index >= 15 is 0 Å². The van der Waals surface area contributed by atoms with E-state index in [4.69, 9.17) is 10.5 Å². The highest BCUT2D eigenvalue weighted by molar-refractivity contribution is 7.13. The smallest absolute Gasteiger partial charge is 0.165 e. The fourth-order valence-electron chi connectivity index (χ4n) is 3.18. The molecule has 0 unspecified atom stereocenters. The Morgan fingerprint density at radius 3 is 2.32 bits per heavy atom. The fourth-order valence-corrected chi connectivity index (χ4v) is 4.00. The van der Waals surface area contributed by atoms with Gasteiger partial charge < -0.3 is 10.5 Å². The van der Waals surface area contributed by atoms with Crippen molar-refractivity contribution in [2.24, 2.45) is 0 Å². The molecule has 0 amide bonds. The average Bonchev–Trinajstić information content (AvgIpc) is 3.46. The molecule has 2 heterocycles. The molecule has 0 aliphatic carbocycles. The monoisotopic (exact) mass is 425 g/mol. The predicted octanol–water partition coefficient (Wildman–Crippen LogP) is 5.22. The average molecular weight is 426 g/mol. The van der Waals surface area contributed by atoms with Crippen LogP contribution in [0.3, 0.4) is 0 Å². The van der Waals surface area contributed by atoms with Gasteiger partial charge in [-0.25, -0.2) is 4.98 Å². The maximum absolute atomic E-state index is 6.36. The van der Waals surface area contributed by atoms with Crippen molar-refractivity contribution in [3.8, 4) is 33.4 Å². The van der Waals surface area contributed by atoms with Crippen LogP contribution in [0, 0.1) is 0 Å². The lowest BCUT2D eigenvalue weighted by molar-refractivity contribution is 0.306. The summed E-state index contributed by atoms with van der Waals surface area (Å²) in [6.07, 6.45) is 0. The van der Waals surface area contributed by atoms with Crippen molar-refractivity contribution < 1.29 is 4.74 Å². The van der Waals surface area contributed by atoms with Gasteiger partial charge in [-0.05, 0) is 29.8 Å². The van der Waals surface area contributed by atoms with E-state index in [1.165, 1.54) is 11.3 Å². The Kier molecular flexibility index (Phi) is 5.16. The van der Waals surface area contributed by atoms with E-state index in [2.05, 4.69) is 15.3 Å². The van der Waals surface area contributed by atoms with Gasteiger partial charge in [0.05, 0.1) is 11.4 Å². The third-order valence-corrected chi connectivity index (χ3v) is 5.66. The molecule has 5 aromatic rings. The third kappa shape index (κ3) is 4.04. The van der Waals surface area contributed by atoms with Crippen LogP contribution in [-0.2, 0) is 6.61 Å².